The minimum atomic E-state index is -0.274. The highest BCUT2D eigenvalue weighted by atomic mass is 32.2. The van der Waals surface area contributed by atoms with E-state index < -0.39 is 0 Å². The number of amides is 1. The number of hydrogen-bond acceptors (Lipinski definition) is 5. The lowest BCUT2D eigenvalue weighted by Crippen LogP contribution is -2.22. The van der Waals surface area contributed by atoms with Crippen LogP contribution in [0.25, 0.3) is 9.88 Å². The van der Waals surface area contributed by atoms with Gasteiger partial charge in [0.05, 0.1) is 15.8 Å². The maximum atomic E-state index is 10.9. The molecule has 0 aliphatic heterocycles. The fourth-order valence-corrected chi connectivity index (χ4v) is 3.65. The zero-order valence-corrected chi connectivity index (χ0v) is 11.7. The molecule has 1 amide bonds. The van der Waals surface area contributed by atoms with Gasteiger partial charge in [-0.1, -0.05) is 6.07 Å². The summed E-state index contributed by atoms with van der Waals surface area (Å²) in [5, 5.41) is 4.96. The number of thioether (sulfide) groups is 1. The number of rotatable bonds is 5. The van der Waals surface area contributed by atoms with Gasteiger partial charge in [-0.15, -0.1) is 34.4 Å². The van der Waals surface area contributed by atoms with Crippen LogP contribution in [0.1, 0.15) is 12.6 Å². The van der Waals surface area contributed by atoms with Gasteiger partial charge in [-0.2, -0.15) is 0 Å². The molecule has 0 saturated carbocycles. The maximum Gasteiger partial charge on any atom is 0.230 e. The van der Waals surface area contributed by atoms with Crippen molar-refractivity contribution in [1.29, 1.82) is 0 Å². The number of nitrogens with two attached hydrogens (primary N) is 1. The van der Waals surface area contributed by atoms with Gasteiger partial charge in [0.25, 0.3) is 0 Å². The smallest absolute Gasteiger partial charge is 0.230 e. The van der Waals surface area contributed by atoms with Gasteiger partial charge in [-0.05, 0) is 18.4 Å². The van der Waals surface area contributed by atoms with Crippen molar-refractivity contribution in [1.82, 2.24) is 4.98 Å². The Kier molecular flexibility index (Phi) is 4.20. The van der Waals surface area contributed by atoms with Crippen molar-refractivity contribution < 1.29 is 4.79 Å². The van der Waals surface area contributed by atoms with Crippen LogP contribution < -0.4 is 5.73 Å². The highest BCUT2D eigenvalue weighted by Crippen LogP contribution is 2.29. The standard InChI is InChI=1S/C11H12N2OS3/c1-7(10(12)14)16-5-8-6-17-11(13-8)9-3-2-4-15-9/h2-4,6-7H,5H2,1H3,(H2,12,14)/t7-/m0/s1. The molecule has 2 aromatic rings. The van der Waals surface area contributed by atoms with Crippen molar-refractivity contribution in [2.24, 2.45) is 5.73 Å². The van der Waals surface area contributed by atoms with Crippen LogP contribution in [0.5, 0.6) is 0 Å². The van der Waals surface area contributed by atoms with E-state index in [1.807, 2.05) is 23.8 Å². The summed E-state index contributed by atoms with van der Waals surface area (Å²) >= 11 is 4.84. The van der Waals surface area contributed by atoms with Crippen molar-refractivity contribution in [3.05, 3.63) is 28.6 Å². The van der Waals surface area contributed by atoms with Crippen LogP contribution in [0.2, 0.25) is 0 Å². The lowest BCUT2D eigenvalue weighted by atomic mass is 10.5. The number of carbonyl (C=O) groups is 1. The number of hydrogen-bond donors (Lipinski definition) is 1. The molecule has 6 heteroatoms. The summed E-state index contributed by atoms with van der Waals surface area (Å²) in [6.45, 7) is 1.82. The van der Waals surface area contributed by atoms with Crippen LogP contribution in [0.15, 0.2) is 22.9 Å². The molecule has 2 N–H and O–H groups in total. The molecule has 2 heterocycles. The lowest BCUT2D eigenvalue weighted by Gasteiger charge is -2.04. The van der Waals surface area contributed by atoms with E-state index in [0.29, 0.717) is 0 Å². The van der Waals surface area contributed by atoms with Crippen LogP contribution in [-0.4, -0.2) is 16.1 Å². The van der Waals surface area contributed by atoms with Crippen LogP contribution >= 0.6 is 34.4 Å². The quantitative estimate of drug-likeness (QED) is 0.918. The van der Waals surface area contributed by atoms with E-state index >= 15 is 0 Å². The van der Waals surface area contributed by atoms with Gasteiger partial charge in [0.15, 0.2) is 0 Å². The third kappa shape index (κ3) is 3.31. The largest absolute Gasteiger partial charge is 0.369 e. The molecular formula is C11H12N2OS3. The lowest BCUT2D eigenvalue weighted by molar-refractivity contribution is -0.117. The van der Waals surface area contributed by atoms with Crippen LogP contribution in [-0.2, 0) is 10.5 Å². The van der Waals surface area contributed by atoms with Gasteiger partial charge in [-0.25, -0.2) is 4.98 Å². The van der Waals surface area contributed by atoms with Crippen molar-refractivity contribution in [2.75, 3.05) is 0 Å². The predicted molar refractivity (Wildman–Crippen MR) is 75.4 cm³/mol. The molecule has 0 aliphatic carbocycles. The van der Waals surface area contributed by atoms with E-state index in [1.165, 1.54) is 16.6 Å². The molecule has 0 radical (unpaired) electrons. The molecule has 0 bridgehead atoms. The average molecular weight is 284 g/mol. The Morgan fingerprint density at radius 3 is 3.06 bits per heavy atom. The predicted octanol–water partition coefficient (Wildman–Crippen LogP) is 2.98. The Hall–Kier alpha value is -0.850. The number of thiazole rings is 1. The fraction of sp³-hybridized carbons (Fsp3) is 0.273. The average Bonchev–Trinajstić information content (AvgIpc) is 2.95. The van der Waals surface area contributed by atoms with Gasteiger partial charge in [0.2, 0.25) is 5.91 Å². The van der Waals surface area contributed by atoms with E-state index in [1.54, 1.807) is 22.7 Å². The van der Waals surface area contributed by atoms with Gasteiger partial charge < -0.3 is 5.73 Å². The van der Waals surface area contributed by atoms with Crippen molar-refractivity contribution in [3.63, 3.8) is 0 Å². The molecule has 0 saturated heterocycles. The molecular weight excluding hydrogens is 272 g/mol. The number of primary amides is 1. The van der Waals surface area contributed by atoms with Gasteiger partial charge in [-0.3, -0.25) is 4.79 Å². The molecule has 17 heavy (non-hydrogen) atoms. The first-order valence-electron chi connectivity index (χ1n) is 5.06. The van der Waals surface area contributed by atoms with Crippen LogP contribution in [0.4, 0.5) is 0 Å². The zero-order valence-electron chi connectivity index (χ0n) is 9.25. The first kappa shape index (κ1) is 12.6. The van der Waals surface area contributed by atoms with E-state index in [4.69, 9.17) is 5.73 Å². The summed E-state index contributed by atoms with van der Waals surface area (Å²) in [5.41, 5.74) is 6.22. The first-order valence-corrected chi connectivity index (χ1v) is 7.87. The minimum Gasteiger partial charge on any atom is -0.369 e. The second kappa shape index (κ2) is 5.66. The van der Waals surface area contributed by atoms with Crippen LogP contribution in [0, 0.1) is 0 Å². The van der Waals surface area contributed by atoms with E-state index in [-0.39, 0.29) is 11.2 Å². The molecule has 0 spiro atoms. The molecule has 1 atom stereocenters. The normalized spacial score (nSPS) is 12.5. The third-order valence-electron chi connectivity index (χ3n) is 2.17. The second-order valence-electron chi connectivity index (χ2n) is 3.48. The maximum absolute atomic E-state index is 10.9. The summed E-state index contributed by atoms with van der Waals surface area (Å²) in [7, 11) is 0. The molecule has 90 valence electrons. The molecule has 0 fully saturated rings. The molecule has 2 rings (SSSR count). The van der Waals surface area contributed by atoms with Gasteiger partial charge >= 0.3 is 0 Å². The zero-order chi connectivity index (χ0) is 12.3. The first-order chi connectivity index (χ1) is 8.16. The number of carbonyl (C=O) groups excluding carboxylic acids is 1. The monoisotopic (exact) mass is 284 g/mol. The van der Waals surface area contributed by atoms with E-state index in [2.05, 4.69) is 11.1 Å². The summed E-state index contributed by atoms with van der Waals surface area (Å²) in [6.07, 6.45) is 0. The Morgan fingerprint density at radius 2 is 2.41 bits per heavy atom. The molecule has 3 nitrogen and oxygen atoms in total. The number of thiophene rings is 1. The molecule has 0 aromatic carbocycles. The van der Waals surface area contributed by atoms with Crippen molar-refractivity contribution in [2.45, 2.75) is 17.9 Å². The number of nitrogens with zero attached hydrogens (tertiary/aromatic N) is 1. The van der Waals surface area contributed by atoms with Crippen molar-refractivity contribution >= 4 is 40.3 Å². The minimum absolute atomic E-state index is 0.165. The fourth-order valence-electron chi connectivity index (χ4n) is 1.18. The van der Waals surface area contributed by atoms with Crippen LogP contribution in [0.3, 0.4) is 0 Å². The summed E-state index contributed by atoms with van der Waals surface area (Å²) < 4.78 is 0. The third-order valence-corrected chi connectivity index (χ3v) is 5.29. The summed E-state index contributed by atoms with van der Waals surface area (Å²) in [4.78, 5) is 16.6. The molecule has 2 aromatic heterocycles. The van der Waals surface area contributed by atoms with Gasteiger partial charge in [0, 0.05) is 11.1 Å². The van der Waals surface area contributed by atoms with E-state index in [0.717, 1.165) is 16.5 Å². The Bertz CT molecular complexity index is 493. The van der Waals surface area contributed by atoms with Gasteiger partial charge in [0.1, 0.15) is 5.01 Å². The number of aromatic nitrogens is 1. The van der Waals surface area contributed by atoms with Crippen molar-refractivity contribution in [3.8, 4) is 9.88 Å². The Labute approximate surface area is 112 Å². The highest BCUT2D eigenvalue weighted by Gasteiger charge is 2.11. The molecule has 0 unspecified atom stereocenters. The topological polar surface area (TPSA) is 56.0 Å². The highest BCUT2D eigenvalue weighted by molar-refractivity contribution is 7.99. The second-order valence-corrected chi connectivity index (χ2v) is 6.61. The summed E-state index contributed by atoms with van der Waals surface area (Å²) in [5.74, 6) is 0.454. The Balaban J connectivity index is 1.97. The molecule has 0 aliphatic rings. The summed E-state index contributed by atoms with van der Waals surface area (Å²) in [6, 6.07) is 4.08. The van der Waals surface area contributed by atoms with E-state index in [9.17, 15) is 4.79 Å². The Morgan fingerprint density at radius 1 is 1.59 bits per heavy atom. The SMILES string of the molecule is C[C@H](SCc1csc(-c2cccs2)n1)C(N)=O.